The summed E-state index contributed by atoms with van der Waals surface area (Å²) < 4.78 is 5.30. The molecule has 1 unspecified atom stereocenters. The molecule has 68 valence electrons. The molecule has 0 aliphatic rings. The largest absolute Gasteiger partial charge is 0.393 e. The van der Waals surface area contributed by atoms with E-state index in [1.807, 2.05) is 0 Å². The zero-order valence-corrected chi connectivity index (χ0v) is 7.84. The van der Waals surface area contributed by atoms with E-state index in [0.29, 0.717) is 12.5 Å². The highest BCUT2D eigenvalue weighted by atomic mass is 16.5. The molecule has 0 aromatic carbocycles. The minimum atomic E-state index is -0.228. The minimum Gasteiger partial charge on any atom is -0.393 e. The number of aliphatic hydroxyl groups is 1. The number of ether oxygens (including phenoxy) is 1. The number of hydrogen-bond donors (Lipinski definition) is 1. The summed E-state index contributed by atoms with van der Waals surface area (Å²) in [5.41, 5.74) is 0. The highest BCUT2D eigenvalue weighted by molar-refractivity contribution is 4.46. The molecule has 11 heavy (non-hydrogen) atoms. The van der Waals surface area contributed by atoms with Crippen molar-refractivity contribution in [3.63, 3.8) is 0 Å². The molecule has 0 aromatic heterocycles. The lowest BCUT2D eigenvalue weighted by molar-refractivity contribution is 0.0835. The van der Waals surface area contributed by atoms with Gasteiger partial charge in [-0.3, -0.25) is 0 Å². The van der Waals surface area contributed by atoms with Crippen LogP contribution in [0.2, 0.25) is 0 Å². The third-order valence-electron chi connectivity index (χ3n) is 1.52. The molecule has 0 aliphatic heterocycles. The summed E-state index contributed by atoms with van der Waals surface area (Å²) in [7, 11) is 0. The fraction of sp³-hybridized carbons (Fsp3) is 1.00. The molecule has 0 bridgehead atoms. The summed E-state index contributed by atoms with van der Waals surface area (Å²) in [6, 6.07) is 0. The van der Waals surface area contributed by atoms with Crippen LogP contribution in [0.1, 0.15) is 33.6 Å². The molecule has 0 heterocycles. The summed E-state index contributed by atoms with van der Waals surface area (Å²) in [6.45, 7) is 7.65. The van der Waals surface area contributed by atoms with E-state index >= 15 is 0 Å². The van der Waals surface area contributed by atoms with Gasteiger partial charge in [0.05, 0.1) is 6.10 Å². The average Bonchev–Trinajstić information content (AvgIpc) is 1.85. The summed E-state index contributed by atoms with van der Waals surface area (Å²) in [6.07, 6.45) is 1.63. The Labute approximate surface area is 69.6 Å². The normalized spacial score (nSPS) is 13.9. The Morgan fingerprint density at radius 2 is 1.64 bits per heavy atom. The van der Waals surface area contributed by atoms with E-state index in [1.54, 1.807) is 6.92 Å². The molecule has 2 heteroatoms. The van der Waals surface area contributed by atoms with Crippen molar-refractivity contribution >= 4 is 0 Å². The molecule has 0 rings (SSSR count). The first-order chi connectivity index (χ1) is 5.13. The van der Waals surface area contributed by atoms with Gasteiger partial charge in [0.25, 0.3) is 0 Å². The quantitative estimate of drug-likeness (QED) is 0.600. The molecule has 0 saturated carbocycles. The topological polar surface area (TPSA) is 29.5 Å². The Bertz CT molecular complexity index is 69.6. The predicted molar refractivity (Wildman–Crippen MR) is 46.6 cm³/mol. The van der Waals surface area contributed by atoms with Crippen LogP contribution in [0.5, 0.6) is 0 Å². The zero-order chi connectivity index (χ0) is 8.69. The van der Waals surface area contributed by atoms with E-state index in [0.717, 1.165) is 19.4 Å². The molecular formula is C9H20O2. The first kappa shape index (κ1) is 10.9. The van der Waals surface area contributed by atoms with Crippen molar-refractivity contribution in [3.8, 4) is 0 Å². The molecular weight excluding hydrogens is 140 g/mol. The summed E-state index contributed by atoms with van der Waals surface area (Å²) in [4.78, 5) is 0. The lowest BCUT2D eigenvalue weighted by atomic mass is 10.1. The Balaban J connectivity index is 2.91. The van der Waals surface area contributed by atoms with E-state index in [-0.39, 0.29) is 6.10 Å². The molecule has 1 atom stereocenters. The highest BCUT2D eigenvalue weighted by Gasteiger charge is 1.96. The third-order valence-corrected chi connectivity index (χ3v) is 1.52. The van der Waals surface area contributed by atoms with Crippen molar-refractivity contribution in [3.05, 3.63) is 0 Å². The van der Waals surface area contributed by atoms with Crippen LogP contribution in [0.25, 0.3) is 0 Å². The van der Waals surface area contributed by atoms with Crippen molar-refractivity contribution in [1.29, 1.82) is 0 Å². The van der Waals surface area contributed by atoms with Crippen LogP contribution >= 0.6 is 0 Å². The first-order valence-electron chi connectivity index (χ1n) is 4.38. The van der Waals surface area contributed by atoms with Gasteiger partial charge in [0.1, 0.15) is 0 Å². The lowest BCUT2D eigenvalue weighted by Gasteiger charge is -2.07. The Hall–Kier alpha value is -0.0800. The van der Waals surface area contributed by atoms with E-state index in [1.165, 1.54) is 0 Å². The second-order valence-corrected chi connectivity index (χ2v) is 3.43. The maximum absolute atomic E-state index is 8.88. The first-order valence-corrected chi connectivity index (χ1v) is 4.38. The average molecular weight is 160 g/mol. The van der Waals surface area contributed by atoms with Crippen molar-refractivity contribution in [1.82, 2.24) is 0 Å². The third kappa shape index (κ3) is 9.92. The summed E-state index contributed by atoms with van der Waals surface area (Å²) in [5, 5.41) is 8.88. The standard InChI is InChI=1S/C9H20O2/c1-8(2)4-6-11-7-5-9(3)10/h8-10H,4-7H2,1-3H3. The molecule has 0 fully saturated rings. The van der Waals surface area contributed by atoms with Crippen molar-refractivity contribution in [2.75, 3.05) is 13.2 Å². The second-order valence-electron chi connectivity index (χ2n) is 3.43. The van der Waals surface area contributed by atoms with Gasteiger partial charge in [-0.05, 0) is 25.7 Å². The lowest BCUT2D eigenvalue weighted by Crippen LogP contribution is -2.07. The van der Waals surface area contributed by atoms with Gasteiger partial charge in [0, 0.05) is 13.2 Å². The molecule has 0 aromatic rings. The molecule has 1 N–H and O–H groups in total. The molecule has 2 nitrogen and oxygen atoms in total. The predicted octanol–water partition coefficient (Wildman–Crippen LogP) is 1.82. The fourth-order valence-electron chi connectivity index (χ4n) is 0.675. The number of aliphatic hydroxyl groups excluding tert-OH is 1. The van der Waals surface area contributed by atoms with Gasteiger partial charge < -0.3 is 9.84 Å². The van der Waals surface area contributed by atoms with Crippen LogP contribution in [-0.2, 0) is 4.74 Å². The Morgan fingerprint density at radius 1 is 1.09 bits per heavy atom. The van der Waals surface area contributed by atoms with Gasteiger partial charge >= 0.3 is 0 Å². The van der Waals surface area contributed by atoms with Gasteiger partial charge in [-0.1, -0.05) is 13.8 Å². The van der Waals surface area contributed by atoms with Gasteiger partial charge in [0.15, 0.2) is 0 Å². The number of rotatable bonds is 6. The van der Waals surface area contributed by atoms with E-state index in [9.17, 15) is 0 Å². The van der Waals surface area contributed by atoms with E-state index in [4.69, 9.17) is 9.84 Å². The van der Waals surface area contributed by atoms with Crippen LogP contribution in [-0.4, -0.2) is 24.4 Å². The maximum Gasteiger partial charge on any atom is 0.0534 e. The maximum atomic E-state index is 8.88. The smallest absolute Gasteiger partial charge is 0.0534 e. The monoisotopic (exact) mass is 160 g/mol. The van der Waals surface area contributed by atoms with Crippen LogP contribution in [0.15, 0.2) is 0 Å². The zero-order valence-electron chi connectivity index (χ0n) is 7.84. The van der Waals surface area contributed by atoms with Crippen molar-refractivity contribution in [2.45, 2.75) is 39.7 Å². The number of hydrogen-bond acceptors (Lipinski definition) is 2. The summed E-state index contributed by atoms with van der Waals surface area (Å²) in [5.74, 6) is 0.710. The van der Waals surface area contributed by atoms with Gasteiger partial charge in [0.2, 0.25) is 0 Å². The highest BCUT2D eigenvalue weighted by Crippen LogP contribution is 1.99. The molecule has 0 amide bonds. The van der Waals surface area contributed by atoms with Crippen LogP contribution in [0, 0.1) is 5.92 Å². The van der Waals surface area contributed by atoms with Gasteiger partial charge in [-0.15, -0.1) is 0 Å². The Morgan fingerprint density at radius 3 is 2.09 bits per heavy atom. The molecule has 0 saturated heterocycles. The SMILES string of the molecule is CC(C)CCOCCC(C)O. The molecule has 0 radical (unpaired) electrons. The van der Waals surface area contributed by atoms with Gasteiger partial charge in [-0.25, -0.2) is 0 Å². The van der Waals surface area contributed by atoms with Crippen molar-refractivity contribution in [2.24, 2.45) is 5.92 Å². The molecule has 0 spiro atoms. The summed E-state index contributed by atoms with van der Waals surface area (Å²) >= 11 is 0. The molecule has 0 aliphatic carbocycles. The van der Waals surface area contributed by atoms with Crippen molar-refractivity contribution < 1.29 is 9.84 Å². The van der Waals surface area contributed by atoms with E-state index in [2.05, 4.69) is 13.8 Å². The van der Waals surface area contributed by atoms with Crippen LogP contribution < -0.4 is 0 Å². The van der Waals surface area contributed by atoms with E-state index < -0.39 is 0 Å². The second kappa shape index (κ2) is 6.62. The van der Waals surface area contributed by atoms with Gasteiger partial charge in [-0.2, -0.15) is 0 Å². The Kier molecular flexibility index (Phi) is 6.57. The van der Waals surface area contributed by atoms with Crippen LogP contribution in [0.3, 0.4) is 0 Å². The fourth-order valence-corrected chi connectivity index (χ4v) is 0.675. The van der Waals surface area contributed by atoms with Crippen LogP contribution in [0.4, 0.5) is 0 Å². The minimum absolute atomic E-state index is 0.228.